The Morgan fingerprint density at radius 3 is 2.64 bits per heavy atom. The molecule has 0 radical (unpaired) electrons. The molecule has 1 aromatic rings. The molecule has 136 valence electrons. The van der Waals surface area contributed by atoms with Gasteiger partial charge in [-0.1, -0.05) is 26.0 Å². The Morgan fingerprint density at radius 2 is 1.96 bits per heavy atom. The van der Waals surface area contributed by atoms with Crippen molar-refractivity contribution in [2.75, 3.05) is 23.0 Å². The second-order valence-corrected chi connectivity index (χ2v) is 10.7. The summed E-state index contributed by atoms with van der Waals surface area (Å²) in [5, 5.41) is 0. The first-order valence-electron chi connectivity index (χ1n) is 9.46. The van der Waals surface area contributed by atoms with E-state index in [1.54, 1.807) is 0 Å². The van der Waals surface area contributed by atoms with Crippen LogP contribution in [0.5, 0.6) is 0 Å². The number of rotatable bonds is 2. The summed E-state index contributed by atoms with van der Waals surface area (Å²) in [4.78, 5) is 15.1. The fraction of sp³-hybridized carbons (Fsp3) is 0.650. The van der Waals surface area contributed by atoms with Crippen LogP contribution in [0.25, 0.3) is 0 Å². The van der Waals surface area contributed by atoms with Gasteiger partial charge in [0.05, 0.1) is 11.5 Å². The zero-order valence-corrected chi connectivity index (χ0v) is 15.9. The largest absolute Gasteiger partial charge is 0.312 e. The fourth-order valence-electron chi connectivity index (χ4n) is 4.59. The first-order valence-corrected chi connectivity index (χ1v) is 11.3. The summed E-state index contributed by atoms with van der Waals surface area (Å²) in [5.41, 5.74) is 3.66. The average molecular weight is 362 g/mol. The highest BCUT2D eigenvalue weighted by Crippen LogP contribution is 2.60. The van der Waals surface area contributed by atoms with E-state index in [0.717, 1.165) is 31.5 Å². The van der Waals surface area contributed by atoms with Gasteiger partial charge in [0.15, 0.2) is 0 Å². The van der Waals surface area contributed by atoms with E-state index in [2.05, 4.69) is 32.0 Å². The molecule has 2 fully saturated rings. The van der Waals surface area contributed by atoms with Gasteiger partial charge in [-0.2, -0.15) is 0 Å². The lowest BCUT2D eigenvalue weighted by molar-refractivity contribution is -0.120. The molecule has 2 heterocycles. The van der Waals surface area contributed by atoms with E-state index < -0.39 is 9.84 Å². The average Bonchev–Trinajstić information content (AvgIpc) is 3.30. The van der Waals surface area contributed by atoms with Gasteiger partial charge in [-0.05, 0) is 60.6 Å². The highest BCUT2D eigenvalue weighted by molar-refractivity contribution is 7.91. The third-order valence-corrected chi connectivity index (χ3v) is 8.12. The molecule has 1 aromatic carbocycles. The van der Waals surface area contributed by atoms with Crippen LogP contribution in [0.15, 0.2) is 18.2 Å². The highest BCUT2D eigenvalue weighted by Gasteiger charge is 2.60. The van der Waals surface area contributed by atoms with Gasteiger partial charge in [0.1, 0.15) is 9.84 Å². The fourth-order valence-corrected chi connectivity index (χ4v) is 6.23. The SMILES string of the molecule is CC(C)c1ccc2c(c1)CCCN2C(=O)C1CC12CCS(=O)(=O)CC2. The van der Waals surface area contributed by atoms with Gasteiger partial charge in [0.25, 0.3) is 0 Å². The summed E-state index contributed by atoms with van der Waals surface area (Å²) < 4.78 is 23.4. The van der Waals surface area contributed by atoms with Crippen molar-refractivity contribution in [2.45, 2.75) is 51.9 Å². The number of nitrogens with zero attached hydrogens (tertiary/aromatic N) is 1. The first-order chi connectivity index (χ1) is 11.8. The van der Waals surface area contributed by atoms with Gasteiger partial charge >= 0.3 is 0 Å². The number of aryl methyl sites for hydroxylation is 1. The Labute approximate surface area is 150 Å². The normalized spacial score (nSPS) is 26.5. The minimum Gasteiger partial charge on any atom is -0.312 e. The molecule has 0 N–H and O–H groups in total. The number of amides is 1. The van der Waals surface area contributed by atoms with Crippen LogP contribution in [-0.2, 0) is 21.1 Å². The standard InChI is InChI=1S/C20H27NO3S/c1-14(2)15-5-6-18-16(12-15)4-3-9-21(18)19(22)17-13-20(17)7-10-25(23,24)11-8-20/h5-6,12,14,17H,3-4,7-11,13H2,1-2H3. The summed E-state index contributed by atoms with van der Waals surface area (Å²) in [6.45, 7) is 5.18. The topological polar surface area (TPSA) is 54.5 Å². The molecule has 5 heteroatoms. The number of hydrogen-bond acceptors (Lipinski definition) is 3. The number of sulfone groups is 1. The van der Waals surface area contributed by atoms with E-state index in [4.69, 9.17) is 0 Å². The van der Waals surface area contributed by atoms with Crippen LogP contribution in [0, 0.1) is 11.3 Å². The summed E-state index contributed by atoms with van der Waals surface area (Å²) >= 11 is 0. The van der Waals surface area contributed by atoms with Crippen molar-refractivity contribution < 1.29 is 13.2 Å². The molecule has 4 rings (SSSR count). The molecular formula is C20H27NO3S. The first kappa shape index (κ1) is 17.1. The Morgan fingerprint density at radius 1 is 1.24 bits per heavy atom. The van der Waals surface area contributed by atoms with Gasteiger partial charge in [-0.25, -0.2) is 8.42 Å². The monoisotopic (exact) mass is 361 g/mol. The van der Waals surface area contributed by atoms with Gasteiger partial charge in [-0.15, -0.1) is 0 Å². The van der Waals surface area contributed by atoms with E-state index in [9.17, 15) is 13.2 Å². The molecule has 1 unspecified atom stereocenters. The molecule has 1 saturated heterocycles. The molecule has 4 nitrogen and oxygen atoms in total. The maximum atomic E-state index is 13.2. The third kappa shape index (κ3) is 3.01. The van der Waals surface area contributed by atoms with E-state index in [1.165, 1.54) is 11.1 Å². The Bertz CT molecular complexity index is 798. The van der Waals surface area contributed by atoms with Crippen molar-refractivity contribution in [2.24, 2.45) is 11.3 Å². The number of hydrogen-bond donors (Lipinski definition) is 0. The summed E-state index contributed by atoms with van der Waals surface area (Å²) in [6, 6.07) is 6.52. The third-order valence-electron chi connectivity index (χ3n) is 6.46. The molecule has 1 spiro atoms. The Kier molecular flexibility index (Phi) is 3.98. The van der Waals surface area contributed by atoms with Gasteiger partial charge in [0, 0.05) is 18.2 Å². The highest BCUT2D eigenvalue weighted by atomic mass is 32.2. The van der Waals surface area contributed by atoms with Crippen molar-refractivity contribution in [1.29, 1.82) is 0 Å². The number of fused-ring (bicyclic) bond motifs is 1. The minimum atomic E-state index is -2.87. The quantitative estimate of drug-likeness (QED) is 0.812. The minimum absolute atomic E-state index is 0.0266. The maximum Gasteiger partial charge on any atom is 0.230 e. The number of anilines is 1. The molecular weight excluding hydrogens is 334 g/mol. The molecule has 0 aromatic heterocycles. The Hall–Kier alpha value is -1.36. The van der Waals surface area contributed by atoms with E-state index >= 15 is 0 Å². The van der Waals surface area contributed by atoms with E-state index in [0.29, 0.717) is 18.8 Å². The smallest absolute Gasteiger partial charge is 0.230 e. The predicted octanol–water partition coefficient (Wildman–Crippen LogP) is 3.30. The van der Waals surface area contributed by atoms with Crippen LogP contribution in [0.2, 0.25) is 0 Å². The lowest BCUT2D eigenvalue weighted by Crippen LogP contribution is -2.38. The van der Waals surface area contributed by atoms with E-state index in [1.807, 2.05) is 4.90 Å². The lowest BCUT2D eigenvalue weighted by Gasteiger charge is -2.32. The molecule has 3 aliphatic rings. The van der Waals surface area contributed by atoms with Crippen molar-refractivity contribution in [3.8, 4) is 0 Å². The second kappa shape index (κ2) is 5.83. The summed E-state index contributed by atoms with van der Waals surface area (Å²) in [5.74, 6) is 1.25. The maximum absolute atomic E-state index is 13.2. The molecule has 25 heavy (non-hydrogen) atoms. The Balaban J connectivity index is 1.54. The molecule has 0 bridgehead atoms. The van der Waals surface area contributed by atoms with Crippen LogP contribution in [0.4, 0.5) is 5.69 Å². The van der Waals surface area contributed by atoms with Crippen LogP contribution in [0.3, 0.4) is 0 Å². The van der Waals surface area contributed by atoms with Crippen LogP contribution in [0.1, 0.15) is 56.6 Å². The van der Waals surface area contributed by atoms with Crippen molar-refractivity contribution in [3.63, 3.8) is 0 Å². The van der Waals surface area contributed by atoms with Crippen LogP contribution in [-0.4, -0.2) is 32.4 Å². The number of carbonyl (C=O) groups is 1. The van der Waals surface area contributed by atoms with Crippen molar-refractivity contribution >= 4 is 21.4 Å². The summed E-state index contributed by atoms with van der Waals surface area (Å²) in [7, 11) is -2.87. The molecule has 1 aliphatic carbocycles. The van der Waals surface area contributed by atoms with E-state index in [-0.39, 0.29) is 28.7 Å². The molecule has 1 saturated carbocycles. The van der Waals surface area contributed by atoms with Gasteiger partial charge in [-0.3, -0.25) is 4.79 Å². The van der Waals surface area contributed by atoms with Crippen molar-refractivity contribution in [1.82, 2.24) is 0 Å². The summed E-state index contributed by atoms with van der Waals surface area (Å²) in [6.07, 6.45) is 4.25. The van der Waals surface area contributed by atoms with Crippen molar-refractivity contribution in [3.05, 3.63) is 29.3 Å². The molecule has 1 amide bonds. The zero-order valence-electron chi connectivity index (χ0n) is 15.1. The zero-order chi connectivity index (χ0) is 17.8. The van der Waals surface area contributed by atoms with Crippen LogP contribution >= 0.6 is 0 Å². The lowest BCUT2D eigenvalue weighted by atomic mass is 9.93. The van der Waals surface area contributed by atoms with Crippen LogP contribution < -0.4 is 4.90 Å². The number of carbonyl (C=O) groups excluding carboxylic acids is 1. The number of benzene rings is 1. The molecule has 2 aliphatic heterocycles. The second-order valence-electron chi connectivity index (χ2n) is 8.41. The predicted molar refractivity (Wildman–Crippen MR) is 99.6 cm³/mol. The molecule has 1 atom stereocenters. The van der Waals surface area contributed by atoms with Gasteiger partial charge < -0.3 is 4.90 Å². The van der Waals surface area contributed by atoms with Gasteiger partial charge in [0.2, 0.25) is 5.91 Å².